The quantitative estimate of drug-likeness (QED) is 0.862. The number of carbonyl (C=O) groups excluding carboxylic acids is 1. The molecule has 4 heteroatoms. The van der Waals surface area contributed by atoms with E-state index in [2.05, 4.69) is 27.9 Å². The number of nitrogens with one attached hydrogen (secondary N) is 1. The van der Waals surface area contributed by atoms with Crippen molar-refractivity contribution in [2.75, 3.05) is 13.7 Å². The Labute approximate surface area is 97.0 Å². The zero-order chi connectivity index (χ0) is 10.4. The first-order valence-corrected chi connectivity index (χ1v) is 5.39. The van der Waals surface area contributed by atoms with E-state index >= 15 is 0 Å². The van der Waals surface area contributed by atoms with E-state index in [1.165, 1.54) is 3.57 Å². The SMILES string of the molecule is CNC(=O)CCOc1ccc(I)cc1. The second kappa shape index (κ2) is 5.85. The Balaban J connectivity index is 2.31. The van der Waals surface area contributed by atoms with Crippen LogP contribution in [0.1, 0.15) is 6.42 Å². The number of hydrogen-bond donors (Lipinski definition) is 1. The first-order valence-electron chi connectivity index (χ1n) is 4.31. The van der Waals surface area contributed by atoms with Gasteiger partial charge in [0.2, 0.25) is 5.91 Å². The topological polar surface area (TPSA) is 38.3 Å². The van der Waals surface area contributed by atoms with Crippen molar-refractivity contribution in [1.82, 2.24) is 5.32 Å². The van der Waals surface area contributed by atoms with E-state index in [1.54, 1.807) is 7.05 Å². The zero-order valence-corrected chi connectivity index (χ0v) is 10.1. The first kappa shape index (κ1) is 11.3. The molecule has 0 saturated heterocycles. The minimum atomic E-state index is -0.00416. The van der Waals surface area contributed by atoms with Gasteiger partial charge in [0, 0.05) is 10.6 Å². The molecule has 0 heterocycles. The third kappa shape index (κ3) is 3.95. The van der Waals surface area contributed by atoms with Crippen LogP contribution in [0, 0.1) is 3.57 Å². The van der Waals surface area contributed by atoms with Gasteiger partial charge in [-0.2, -0.15) is 0 Å². The van der Waals surface area contributed by atoms with Crippen molar-refractivity contribution in [3.63, 3.8) is 0 Å². The number of benzene rings is 1. The second-order valence-corrected chi connectivity index (χ2v) is 3.97. The number of ether oxygens (including phenoxy) is 1. The minimum absolute atomic E-state index is 0.00416. The van der Waals surface area contributed by atoms with Gasteiger partial charge in [0.1, 0.15) is 5.75 Å². The summed E-state index contributed by atoms with van der Waals surface area (Å²) in [5.41, 5.74) is 0. The van der Waals surface area contributed by atoms with Crippen molar-refractivity contribution in [2.45, 2.75) is 6.42 Å². The fourth-order valence-electron chi connectivity index (χ4n) is 0.917. The van der Waals surface area contributed by atoms with E-state index in [4.69, 9.17) is 4.74 Å². The maximum Gasteiger partial charge on any atom is 0.223 e. The standard InChI is InChI=1S/C10H12INO2/c1-12-10(13)6-7-14-9-4-2-8(11)3-5-9/h2-5H,6-7H2,1H3,(H,12,13). The summed E-state index contributed by atoms with van der Waals surface area (Å²) in [4.78, 5) is 10.9. The lowest BCUT2D eigenvalue weighted by atomic mass is 10.3. The highest BCUT2D eigenvalue weighted by Gasteiger charge is 1.98. The van der Waals surface area contributed by atoms with Crippen LogP contribution in [-0.2, 0) is 4.79 Å². The first-order chi connectivity index (χ1) is 6.72. The van der Waals surface area contributed by atoms with Crippen molar-refractivity contribution in [1.29, 1.82) is 0 Å². The van der Waals surface area contributed by atoms with Gasteiger partial charge in [-0.25, -0.2) is 0 Å². The summed E-state index contributed by atoms with van der Waals surface area (Å²) in [7, 11) is 1.62. The Hall–Kier alpha value is -0.780. The van der Waals surface area contributed by atoms with Crippen molar-refractivity contribution in [3.8, 4) is 5.75 Å². The average Bonchev–Trinajstić information content (AvgIpc) is 2.21. The number of rotatable bonds is 4. The van der Waals surface area contributed by atoms with Gasteiger partial charge < -0.3 is 10.1 Å². The molecule has 0 aromatic heterocycles. The number of hydrogen-bond acceptors (Lipinski definition) is 2. The van der Waals surface area contributed by atoms with E-state index in [0.29, 0.717) is 13.0 Å². The van der Waals surface area contributed by atoms with Crippen LogP contribution < -0.4 is 10.1 Å². The van der Waals surface area contributed by atoms with Crippen molar-refractivity contribution >= 4 is 28.5 Å². The maximum absolute atomic E-state index is 10.9. The summed E-state index contributed by atoms with van der Waals surface area (Å²) in [5, 5.41) is 2.54. The molecule has 0 radical (unpaired) electrons. The molecular formula is C10H12INO2. The highest BCUT2D eigenvalue weighted by Crippen LogP contribution is 2.13. The summed E-state index contributed by atoms with van der Waals surface area (Å²) >= 11 is 2.23. The molecule has 1 N–H and O–H groups in total. The van der Waals surface area contributed by atoms with E-state index < -0.39 is 0 Å². The third-order valence-electron chi connectivity index (χ3n) is 1.69. The van der Waals surface area contributed by atoms with Gasteiger partial charge >= 0.3 is 0 Å². The van der Waals surface area contributed by atoms with Gasteiger partial charge in [0.15, 0.2) is 0 Å². The highest BCUT2D eigenvalue weighted by atomic mass is 127. The van der Waals surface area contributed by atoms with E-state index in [0.717, 1.165) is 5.75 Å². The molecule has 0 spiro atoms. The minimum Gasteiger partial charge on any atom is -0.493 e. The van der Waals surface area contributed by atoms with E-state index in [9.17, 15) is 4.79 Å². The molecule has 1 aromatic carbocycles. The average molecular weight is 305 g/mol. The summed E-state index contributed by atoms with van der Waals surface area (Å²) in [6.45, 7) is 0.417. The Bertz CT molecular complexity index is 297. The van der Waals surface area contributed by atoms with Crippen LogP contribution in [0.15, 0.2) is 24.3 Å². The highest BCUT2D eigenvalue weighted by molar-refractivity contribution is 14.1. The van der Waals surface area contributed by atoms with Gasteiger partial charge in [-0.15, -0.1) is 0 Å². The summed E-state index contributed by atoms with van der Waals surface area (Å²) < 4.78 is 6.54. The van der Waals surface area contributed by atoms with Crippen LogP contribution in [-0.4, -0.2) is 19.6 Å². The molecular weight excluding hydrogens is 293 g/mol. The Kier molecular flexibility index (Phi) is 4.72. The molecule has 0 fully saturated rings. The largest absolute Gasteiger partial charge is 0.493 e. The van der Waals surface area contributed by atoms with Crippen LogP contribution >= 0.6 is 22.6 Å². The van der Waals surface area contributed by atoms with Gasteiger partial charge in [0.05, 0.1) is 13.0 Å². The lowest BCUT2D eigenvalue weighted by Gasteiger charge is -2.05. The zero-order valence-electron chi connectivity index (χ0n) is 7.92. The fourth-order valence-corrected chi connectivity index (χ4v) is 1.28. The van der Waals surface area contributed by atoms with Crippen molar-refractivity contribution in [3.05, 3.63) is 27.8 Å². The summed E-state index contributed by atoms with van der Waals surface area (Å²) in [5.74, 6) is 0.796. The van der Waals surface area contributed by atoms with Gasteiger partial charge in [0.25, 0.3) is 0 Å². The van der Waals surface area contributed by atoms with Crippen LogP contribution in [0.3, 0.4) is 0 Å². The van der Waals surface area contributed by atoms with Gasteiger partial charge in [-0.1, -0.05) is 0 Å². The van der Waals surface area contributed by atoms with Gasteiger partial charge in [-0.3, -0.25) is 4.79 Å². The monoisotopic (exact) mass is 305 g/mol. The molecule has 0 bridgehead atoms. The van der Waals surface area contributed by atoms with Crippen molar-refractivity contribution < 1.29 is 9.53 Å². The summed E-state index contributed by atoms with van der Waals surface area (Å²) in [6, 6.07) is 7.73. The molecule has 76 valence electrons. The summed E-state index contributed by atoms with van der Waals surface area (Å²) in [6.07, 6.45) is 0.391. The number of carbonyl (C=O) groups is 1. The molecule has 0 unspecified atom stereocenters. The molecule has 1 aromatic rings. The predicted molar refractivity (Wildman–Crippen MR) is 63.3 cm³/mol. The maximum atomic E-state index is 10.9. The van der Waals surface area contributed by atoms with Crippen molar-refractivity contribution in [2.24, 2.45) is 0 Å². The third-order valence-corrected chi connectivity index (χ3v) is 2.41. The van der Waals surface area contributed by atoms with Crippen LogP contribution in [0.5, 0.6) is 5.75 Å². The van der Waals surface area contributed by atoms with Crippen LogP contribution in [0.4, 0.5) is 0 Å². The Morgan fingerprint density at radius 3 is 2.64 bits per heavy atom. The molecule has 1 amide bonds. The van der Waals surface area contributed by atoms with E-state index in [1.807, 2.05) is 24.3 Å². The van der Waals surface area contributed by atoms with Gasteiger partial charge in [-0.05, 0) is 46.9 Å². The lowest BCUT2D eigenvalue weighted by Crippen LogP contribution is -2.20. The number of halogens is 1. The smallest absolute Gasteiger partial charge is 0.223 e. The molecule has 0 atom stereocenters. The predicted octanol–water partition coefficient (Wildman–Crippen LogP) is 1.81. The molecule has 1 rings (SSSR count). The molecule has 0 saturated carbocycles. The normalized spacial score (nSPS) is 9.57. The van der Waals surface area contributed by atoms with Crippen LogP contribution in [0.25, 0.3) is 0 Å². The molecule has 0 aliphatic carbocycles. The Morgan fingerprint density at radius 1 is 1.43 bits per heavy atom. The fraction of sp³-hybridized carbons (Fsp3) is 0.300. The molecule has 0 aliphatic rings. The van der Waals surface area contributed by atoms with E-state index in [-0.39, 0.29) is 5.91 Å². The second-order valence-electron chi connectivity index (χ2n) is 2.73. The molecule has 0 aliphatic heterocycles. The Morgan fingerprint density at radius 2 is 2.07 bits per heavy atom. The molecule has 3 nitrogen and oxygen atoms in total. The van der Waals surface area contributed by atoms with Crippen LogP contribution in [0.2, 0.25) is 0 Å². The number of amides is 1. The lowest BCUT2D eigenvalue weighted by molar-refractivity contribution is -0.121. The molecule has 14 heavy (non-hydrogen) atoms.